The van der Waals surface area contributed by atoms with Crippen LogP contribution in [0.15, 0.2) is 46.8 Å². The summed E-state index contributed by atoms with van der Waals surface area (Å²) in [5, 5.41) is 2.03. The van der Waals surface area contributed by atoms with Crippen LogP contribution in [0.5, 0.6) is 0 Å². The number of rotatable bonds is 2. The van der Waals surface area contributed by atoms with E-state index < -0.39 is 0 Å². The molecule has 3 aromatic rings. The lowest BCUT2D eigenvalue weighted by atomic mass is 10.1. The maximum absolute atomic E-state index is 11.5. The number of aryl methyl sites for hydroxylation is 1. The van der Waals surface area contributed by atoms with E-state index in [1.165, 1.54) is 6.07 Å². The van der Waals surface area contributed by atoms with Crippen LogP contribution in [0.3, 0.4) is 0 Å². The van der Waals surface area contributed by atoms with E-state index in [1.54, 1.807) is 24.5 Å². The summed E-state index contributed by atoms with van der Waals surface area (Å²) in [6, 6.07) is 7.53. The summed E-state index contributed by atoms with van der Waals surface area (Å²) >= 11 is 1.66. The van der Waals surface area contributed by atoms with Gasteiger partial charge in [-0.25, -0.2) is 4.98 Å². The Morgan fingerprint density at radius 3 is 2.79 bits per heavy atom. The van der Waals surface area contributed by atoms with Crippen molar-refractivity contribution in [1.82, 2.24) is 15.0 Å². The van der Waals surface area contributed by atoms with Crippen molar-refractivity contribution in [3.63, 3.8) is 0 Å². The summed E-state index contributed by atoms with van der Waals surface area (Å²) in [4.78, 5) is 23.8. The predicted octanol–water partition coefficient (Wildman–Crippen LogP) is 2.87. The zero-order chi connectivity index (χ0) is 13.2. The van der Waals surface area contributed by atoms with E-state index in [9.17, 15) is 4.79 Å². The molecule has 19 heavy (non-hydrogen) atoms. The maximum Gasteiger partial charge on any atom is 0.251 e. The second-order valence-corrected chi connectivity index (χ2v) is 5.10. The first-order chi connectivity index (χ1) is 9.22. The van der Waals surface area contributed by atoms with Gasteiger partial charge >= 0.3 is 0 Å². The molecule has 1 N–H and O–H groups in total. The molecule has 0 fully saturated rings. The van der Waals surface area contributed by atoms with Crippen LogP contribution >= 0.6 is 11.3 Å². The van der Waals surface area contributed by atoms with Crippen LogP contribution in [0.2, 0.25) is 0 Å². The molecule has 3 heterocycles. The molecule has 94 valence electrons. The molecular weight excluding hydrogens is 258 g/mol. The van der Waals surface area contributed by atoms with Gasteiger partial charge in [0.05, 0.1) is 5.69 Å². The number of hydrogen-bond acceptors (Lipinski definition) is 4. The van der Waals surface area contributed by atoms with Crippen LogP contribution in [0.4, 0.5) is 0 Å². The number of nitrogens with one attached hydrogen (secondary N) is 1. The van der Waals surface area contributed by atoms with Gasteiger partial charge in [-0.15, -0.1) is 11.3 Å². The molecule has 0 radical (unpaired) electrons. The number of pyridine rings is 1. The summed E-state index contributed by atoms with van der Waals surface area (Å²) in [6.07, 6.45) is 3.54. The molecule has 0 unspecified atom stereocenters. The summed E-state index contributed by atoms with van der Waals surface area (Å²) in [5.41, 5.74) is 2.38. The molecule has 0 saturated heterocycles. The average molecular weight is 269 g/mol. The molecule has 3 aromatic heterocycles. The Labute approximate surface area is 113 Å². The molecule has 0 spiro atoms. The van der Waals surface area contributed by atoms with E-state index in [0.29, 0.717) is 11.5 Å². The number of hydrogen-bond donors (Lipinski definition) is 1. The Kier molecular flexibility index (Phi) is 2.97. The highest BCUT2D eigenvalue weighted by molar-refractivity contribution is 7.13. The quantitative estimate of drug-likeness (QED) is 0.778. The Morgan fingerprint density at radius 2 is 2.05 bits per heavy atom. The van der Waals surface area contributed by atoms with Crippen LogP contribution < -0.4 is 5.56 Å². The second kappa shape index (κ2) is 4.78. The lowest BCUT2D eigenvalue weighted by Gasteiger charge is -2.03. The standard InChI is InChI=1S/C14H11N3OS/c1-9-16-12(6-14(18)17-9)10-5-11(8-15-7-10)13-3-2-4-19-13/h2-8H,1H3,(H,16,17,18). The minimum absolute atomic E-state index is 0.149. The number of nitrogens with zero attached hydrogens (tertiary/aromatic N) is 2. The van der Waals surface area contributed by atoms with Crippen molar-refractivity contribution >= 4 is 11.3 Å². The molecule has 0 aliphatic heterocycles. The van der Waals surface area contributed by atoms with Crippen molar-refractivity contribution in [2.75, 3.05) is 0 Å². The minimum Gasteiger partial charge on any atom is -0.311 e. The third-order valence-corrected chi connectivity index (χ3v) is 3.62. The zero-order valence-electron chi connectivity index (χ0n) is 10.3. The van der Waals surface area contributed by atoms with Crippen molar-refractivity contribution in [3.8, 4) is 21.7 Å². The minimum atomic E-state index is -0.149. The second-order valence-electron chi connectivity index (χ2n) is 4.16. The van der Waals surface area contributed by atoms with Gasteiger partial charge in [0.15, 0.2) is 0 Å². The normalized spacial score (nSPS) is 10.6. The van der Waals surface area contributed by atoms with Crippen LogP contribution in [-0.2, 0) is 0 Å². The third kappa shape index (κ3) is 2.46. The molecule has 0 bridgehead atoms. The van der Waals surface area contributed by atoms with Crippen molar-refractivity contribution in [2.24, 2.45) is 0 Å². The smallest absolute Gasteiger partial charge is 0.251 e. The third-order valence-electron chi connectivity index (χ3n) is 2.70. The largest absolute Gasteiger partial charge is 0.311 e. The SMILES string of the molecule is Cc1nc(-c2cncc(-c3cccs3)c2)cc(=O)[nH]1. The first-order valence-electron chi connectivity index (χ1n) is 5.79. The van der Waals surface area contributed by atoms with Crippen LogP contribution in [0, 0.1) is 6.92 Å². The Balaban J connectivity index is 2.11. The van der Waals surface area contributed by atoms with Gasteiger partial charge in [0, 0.05) is 34.5 Å². The fourth-order valence-corrected chi connectivity index (χ4v) is 2.59. The molecule has 0 aromatic carbocycles. The van der Waals surface area contributed by atoms with E-state index in [4.69, 9.17) is 0 Å². The summed E-state index contributed by atoms with van der Waals surface area (Å²) in [7, 11) is 0. The van der Waals surface area contributed by atoms with E-state index in [1.807, 2.05) is 29.8 Å². The Bertz CT molecular complexity index is 762. The fourth-order valence-electron chi connectivity index (χ4n) is 1.88. The van der Waals surface area contributed by atoms with Gasteiger partial charge in [-0.05, 0) is 24.4 Å². The average Bonchev–Trinajstić information content (AvgIpc) is 2.92. The Hall–Kier alpha value is -2.27. The van der Waals surface area contributed by atoms with Gasteiger partial charge in [0.2, 0.25) is 0 Å². The first kappa shape index (κ1) is 11.8. The molecule has 0 saturated carbocycles. The van der Waals surface area contributed by atoms with Crippen LogP contribution in [0.1, 0.15) is 5.82 Å². The molecule has 5 heteroatoms. The molecule has 4 nitrogen and oxygen atoms in total. The summed E-state index contributed by atoms with van der Waals surface area (Å²) in [5.74, 6) is 0.601. The number of aromatic nitrogens is 3. The molecular formula is C14H11N3OS. The van der Waals surface area contributed by atoms with Gasteiger partial charge in [-0.2, -0.15) is 0 Å². The van der Waals surface area contributed by atoms with Crippen LogP contribution in [-0.4, -0.2) is 15.0 Å². The molecule has 0 atom stereocenters. The summed E-state index contributed by atoms with van der Waals surface area (Å²) in [6.45, 7) is 1.77. The fraction of sp³-hybridized carbons (Fsp3) is 0.0714. The highest BCUT2D eigenvalue weighted by atomic mass is 32.1. The van der Waals surface area contributed by atoms with Gasteiger partial charge in [-0.1, -0.05) is 6.07 Å². The van der Waals surface area contributed by atoms with E-state index in [0.717, 1.165) is 16.0 Å². The molecule has 0 aliphatic rings. The zero-order valence-corrected chi connectivity index (χ0v) is 11.1. The maximum atomic E-state index is 11.5. The first-order valence-corrected chi connectivity index (χ1v) is 6.67. The molecule has 3 rings (SSSR count). The predicted molar refractivity (Wildman–Crippen MR) is 76.1 cm³/mol. The van der Waals surface area contributed by atoms with Crippen molar-refractivity contribution in [2.45, 2.75) is 6.92 Å². The van der Waals surface area contributed by atoms with E-state index >= 15 is 0 Å². The highest BCUT2D eigenvalue weighted by Gasteiger charge is 2.05. The van der Waals surface area contributed by atoms with E-state index in [-0.39, 0.29) is 5.56 Å². The van der Waals surface area contributed by atoms with Crippen molar-refractivity contribution in [1.29, 1.82) is 0 Å². The van der Waals surface area contributed by atoms with Gasteiger partial charge in [0.1, 0.15) is 5.82 Å². The highest BCUT2D eigenvalue weighted by Crippen LogP contribution is 2.27. The molecule has 0 amide bonds. The lowest BCUT2D eigenvalue weighted by Crippen LogP contribution is -2.08. The number of H-pyrrole nitrogens is 1. The number of aromatic amines is 1. The number of thiophene rings is 1. The monoisotopic (exact) mass is 269 g/mol. The van der Waals surface area contributed by atoms with Gasteiger partial charge in [0.25, 0.3) is 5.56 Å². The topological polar surface area (TPSA) is 58.6 Å². The lowest BCUT2D eigenvalue weighted by molar-refractivity contribution is 1.02. The van der Waals surface area contributed by atoms with Crippen molar-refractivity contribution in [3.05, 3.63) is 58.2 Å². The van der Waals surface area contributed by atoms with Crippen LogP contribution in [0.25, 0.3) is 21.7 Å². The van der Waals surface area contributed by atoms with Gasteiger partial charge < -0.3 is 4.98 Å². The summed E-state index contributed by atoms with van der Waals surface area (Å²) < 4.78 is 0. The molecule has 0 aliphatic carbocycles. The van der Waals surface area contributed by atoms with Crippen molar-refractivity contribution < 1.29 is 0 Å². The Morgan fingerprint density at radius 1 is 1.21 bits per heavy atom. The van der Waals surface area contributed by atoms with E-state index in [2.05, 4.69) is 15.0 Å². The van der Waals surface area contributed by atoms with Gasteiger partial charge in [-0.3, -0.25) is 9.78 Å².